The molecule has 2 aromatic rings. The van der Waals surface area contributed by atoms with Crippen molar-refractivity contribution in [2.24, 2.45) is 0 Å². The van der Waals surface area contributed by atoms with E-state index < -0.39 is 0 Å². The van der Waals surface area contributed by atoms with Crippen LogP contribution in [-0.2, 0) is 9.31 Å². The van der Waals surface area contributed by atoms with Crippen LogP contribution in [0.5, 0.6) is 0 Å². The predicted octanol–water partition coefficient (Wildman–Crippen LogP) is 3.42. The third-order valence-corrected chi connectivity index (χ3v) is 5.29. The highest BCUT2D eigenvalue weighted by Gasteiger charge is 2.51. The van der Waals surface area contributed by atoms with Gasteiger partial charge in [-0.2, -0.15) is 0 Å². The van der Waals surface area contributed by atoms with E-state index in [1.807, 2.05) is 19.1 Å². The molecule has 0 N–H and O–H groups in total. The maximum absolute atomic E-state index is 6.11. The van der Waals surface area contributed by atoms with Crippen LogP contribution in [0.3, 0.4) is 0 Å². The summed E-state index contributed by atoms with van der Waals surface area (Å²) in [5.41, 5.74) is 2.58. The summed E-state index contributed by atoms with van der Waals surface area (Å²) in [5.74, 6) is 0. The summed E-state index contributed by atoms with van der Waals surface area (Å²) in [6.45, 7) is 10.3. The Morgan fingerprint density at radius 1 is 1.10 bits per heavy atom. The lowest BCUT2D eigenvalue weighted by molar-refractivity contribution is 0.00578. The van der Waals surface area contributed by atoms with Gasteiger partial charge < -0.3 is 9.31 Å². The van der Waals surface area contributed by atoms with Gasteiger partial charge in [-0.3, -0.25) is 0 Å². The molecule has 1 fully saturated rings. The zero-order valence-corrected chi connectivity index (χ0v) is 14.0. The summed E-state index contributed by atoms with van der Waals surface area (Å²) < 4.78 is 12.2. The molecule has 0 bridgehead atoms. The molecule has 110 valence electrons. The average molecular weight is 301 g/mol. The summed E-state index contributed by atoms with van der Waals surface area (Å²) in [6.07, 6.45) is 0. The Morgan fingerprint density at radius 2 is 1.76 bits per heavy atom. The van der Waals surface area contributed by atoms with Crippen LogP contribution < -0.4 is 5.46 Å². The Balaban J connectivity index is 1.91. The number of aromatic nitrogens is 1. The van der Waals surface area contributed by atoms with Gasteiger partial charge in [-0.1, -0.05) is 24.3 Å². The highest BCUT2D eigenvalue weighted by Crippen LogP contribution is 2.36. The molecule has 21 heavy (non-hydrogen) atoms. The Hall–Kier alpha value is -1.17. The predicted molar refractivity (Wildman–Crippen MR) is 88.0 cm³/mol. The minimum Gasteiger partial charge on any atom is -0.399 e. The van der Waals surface area contributed by atoms with Crippen molar-refractivity contribution in [1.82, 2.24) is 4.98 Å². The van der Waals surface area contributed by atoms with Crippen LogP contribution in [0.4, 0.5) is 0 Å². The minimum absolute atomic E-state index is 0.314. The Bertz CT molecular complexity index is 650. The lowest BCUT2D eigenvalue weighted by Crippen LogP contribution is -2.41. The van der Waals surface area contributed by atoms with E-state index in [-0.39, 0.29) is 18.3 Å². The fourth-order valence-electron chi connectivity index (χ4n) is 2.28. The van der Waals surface area contributed by atoms with Gasteiger partial charge in [-0.05, 0) is 40.1 Å². The molecule has 1 aliphatic heterocycles. The number of thiazole rings is 1. The van der Waals surface area contributed by atoms with Crippen molar-refractivity contribution in [2.75, 3.05) is 0 Å². The molecule has 0 spiro atoms. The highest BCUT2D eigenvalue weighted by atomic mass is 32.1. The molecule has 0 atom stereocenters. The Kier molecular flexibility index (Phi) is 3.47. The second-order valence-electron chi connectivity index (χ2n) is 6.51. The van der Waals surface area contributed by atoms with Crippen molar-refractivity contribution in [3.63, 3.8) is 0 Å². The normalized spacial score (nSPS) is 20.0. The van der Waals surface area contributed by atoms with E-state index in [1.54, 1.807) is 11.3 Å². The van der Waals surface area contributed by atoms with Crippen LogP contribution >= 0.6 is 11.3 Å². The first kappa shape index (κ1) is 14.8. The Labute approximate surface area is 130 Å². The molecule has 0 radical (unpaired) electrons. The van der Waals surface area contributed by atoms with Gasteiger partial charge in [0.2, 0.25) is 0 Å². The molecule has 0 unspecified atom stereocenters. The number of rotatable bonds is 2. The third kappa shape index (κ3) is 2.66. The second kappa shape index (κ2) is 4.94. The van der Waals surface area contributed by atoms with Gasteiger partial charge in [0.15, 0.2) is 0 Å². The van der Waals surface area contributed by atoms with Crippen molar-refractivity contribution in [2.45, 2.75) is 45.8 Å². The molecular formula is C16H20BNO2S. The molecule has 0 saturated carbocycles. The fraction of sp³-hybridized carbons (Fsp3) is 0.438. The van der Waals surface area contributed by atoms with E-state index >= 15 is 0 Å². The molecule has 3 nitrogen and oxygen atoms in total. The SMILES string of the molecule is Cc1csc(-c2cccc(B3OC(C)(C)C(C)(C)O3)c2)n1. The monoisotopic (exact) mass is 301 g/mol. The van der Waals surface area contributed by atoms with Gasteiger partial charge in [0, 0.05) is 16.6 Å². The number of nitrogens with zero attached hydrogens (tertiary/aromatic N) is 1. The smallest absolute Gasteiger partial charge is 0.399 e. The zero-order chi connectivity index (χ0) is 15.3. The Morgan fingerprint density at radius 3 is 2.33 bits per heavy atom. The molecule has 0 amide bonds. The van der Waals surface area contributed by atoms with Crippen LogP contribution in [0, 0.1) is 6.92 Å². The summed E-state index contributed by atoms with van der Waals surface area (Å²) in [7, 11) is -0.323. The summed E-state index contributed by atoms with van der Waals surface area (Å²) in [4.78, 5) is 4.54. The number of benzene rings is 1. The number of hydrogen-bond acceptors (Lipinski definition) is 4. The first-order chi connectivity index (χ1) is 9.78. The molecule has 1 aromatic heterocycles. The van der Waals surface area contributed by atoms with Gasteiger partial charge in [0.1, 0.15) is 5.01 Å². The molecule has 1 aromatic carbocycles. The van der Waals surface area contributed by atoms with Crippen LogP contribution in [0.1, 0.15) is 33.4 Å². The van der Waals surface area contributed by atoms with Crippen molar-refractivity contribution in [3.8, 4) is 10.6 Å². The molecule has 5 heteroatoms. The number of hydrogen-bond donors (Lipinski definition) is 0. The van der Waals surface area contributed by atoms with Crippen LogP contribution in [0.2, 0.25) is 0 Å². The molecule has 0 aliphatic carbocycles. The third-order valence-electron chi connectivity index (χ3n) is 4.28. The largest absolute Gasteiger partial charge is 0.494 e. The van der Waals surface area contributed by atoms with Gasteiger partial charge in [0.25, 0.3) is 0 Å². The maximum atomic E-state index is 6.11. The van der Waals surface area contributed by atoms with Gasteiger partial charge in [0.05, 0.1) is 11.2 Å². The minimum atomic E-state index is -0.323. The van der Waals surface area contributed by atoms with Gasteiger partial charge in [-0.15, -0.1) is 11.3 Å². The van der Waals surface area contributed by atoms with E-state index in [9.17, 15) is 0 Å². The quantitative estimate of drug-likeness (QED) is 0.797. The maximum Gasteiger partial charge on any atom is 0.494 e. The molecule has 2 heterocycles. The van der Waals surface area contributed by atoms with E-state index in [2.05, 4.69) is 50.2 Å². The fourth-order valence-corrected chi connectivity index (χ4v) is 3.08. The van der Waals surface area contributed by atoms with E-state index in [4.69, 9.17) is 9.31 Å². The standard InChI is InChI=1S/C16H20BNO2S/c1-11-10-21-14(18-11)12-7-6-8-13(9-12)17-19-15(2,3)16(4,5)20-17/h6-10H,1-5H3. The van der Waals surface area contributed by atoms with Gasteiger partial charge >= 0.3 is 7.12 Å². The summed E-state index contributed by atoms with van der Waals surface area (Å²) in [5, 5.41) is 3.10. The lowest BCUT2D eigenvalue weighted by atomic mass is 9.78. The van der Waals surface area contributed by atoms with Crippen molar-refractivity contribution in [1.29, 1.82) is 0 Å². The van der Waals surface area contributed by atoms with E-state index in [1.165, 1.54) is 0 Å². The van der Waals surface area contributed by atoms with Crippen LogP contribution in [-0.4, -0.2) is 23.3 Å². The van der Waals surface area contributed by atoms with Crippen LogP contribution in [0.25, 0.3) is 10.6 Å². The first-order valence-electron chi connectivity index (χ1n) is 7.17. The lowest BCUT2D eigenvalue weighted by Gasteiger charge is -2.32. The van der Waals surface area contributed by atoms with Crippen molar-refractivity contribution in [3.05, 3.63) is 35.3 Å². The van der Waals surface area contributed by atoms with E-state index in [0.29, 0.717) is 0 Å². The first-order valence-corrected chi connectivity index (χ1v) is 8.05. The molecule has 1 saturated heterocycles. The van der Waals surface area contributed by atoms with Crippen molar-refractivity contribution < 1.29 is 9.31 Å². The molecule has 1 aliphatic rings. The average Bonchev–Trinajstić information content (AvgIpc) is 2.92. The summed E-state index contributed by atoms with van der Waals surface area (Å²) >= 11 is 1.66. The van der Waals surface area contributed by atoms with Crippen molar-refractivity contribution >= 4 is 23.9 Å². The zero-order valence-electron chi connectivity index (χ0n) is 13.1. The second-order valence-corrected chi connectivity index (χ2v) is 7.37. The van der Waals surface area contributed by atoms with E-state index in [0.717, 1.165) is 21.7 Å². The highest BCUT2D eigenvalue weighted by molar-refractivity contribution is 7.13. The van der Waals surface area contributed by atoms with Gasteiger partial charge in [-0.25, -0.2) is 4.98 Å². The summed E-state index contributed by atoms with van der Waals surface area (Å²) in [6, 6.07) is 8.27. The van der Waals surface area contributed by atoms with Crippen LogP contribution in [0.15, 0.2) is 29.6 Å². The number of aryl methyl sites for hydroxylation is 1. The topological polar surface area (TPSA) is 31.4 Å². The molecular weight excluding hydrogens is 281 g/mol. The molecule has 3 rings (SSSR count).